The van der Waals surface area contributed by atoms with E-state index in [-0.39, 0.29) is 18.5 Å². The molecule has 0 spiro atoms. The van der Waals surface area contributed by atoms with Crippen LogP contribution in [0.1, 0.15) is 38.6 Å². The number of rotatable bonds is 6. The molecule has 0 radical (unpaired) electrons. The van der Waals surface area contributed by atoms with Gasteiger partial charge in [0.05, 0.1) is 23.6 Å². The molecule has 27 heavy (non-hydrogen) atoms. The molecular weight excluding hydrogens is 412 g/mol. The number of hydrogen-bond donors (Lipinski definition) is 1. The molecule has 0 aliphatic carbocycles. The Labute approximate surface area is 166 Å². The Morgan fingerprint density at radius 1 is 1.30 bits per heavy atom. The van der Waals surface area contributed by atoms with Crippen molar-refractivity contribution in [2.75, 3.05) is 0 Å². The highest BCUT2D eigenvalue weighted by atomic mass is 79.9. The van der Waals surface area contributed by atoms with Crippen LogP contribution in [0, 0.1) is 5.92 Å². The summed E-state index contributed by atoms with van der Waals surface area (Å²) in [5.41, 5.74) is 2.83. The lowest BCUT2D eigenvalue weighted by Crippen LogP contribution is -2.32. The summed E-state index contributed by atoms with van der Waals surface area (Å²) in [7, 11) is 1.75. The first-order valence-corrected chi connectivity index (χ1v) is 9.77. The Morgan fingerprint density at radius 3 is 2.70 bits per heavy atom. The molecule has 1 aliphatic rings. The second-order valence-corrected chi connectivity index (χ2v) is 7.90. The number of halogens is 1. The molecule has 1 fully saturated rings. The number of aromatic nitrogens is 4. The molecule has 3 heterocycles. The van der Waals surface area contributed by atoms with Crippen LogP contribution in [-0.4, -0.2) is 42.9 Å². The number of nitrogens with zero attached hydrogens (tertiary/aromatic N) is 5. The molecule has 9 heteroatoms. The van der Waals surface area contributed by atoms with E-state index in [0.717, 1.165) is 16.6 Å². The standard InChI is InChI=1S/C18H23BrN6O2/c1-5-12-11(19)6-7-13(20-12)16-15(24(4)23-22-16)9-25-17(26)14(8-10(2)3)21-18(25)27/h6-7,10,14H,5,8-9H2,1-4H3,(H,21,27). The van der Waals surface area contributed by atoms with Crippen molar-refractivity contribution in [3.63, 3.8) is 0 Å². The monoisotopic (exact) mass is 434 g/mol. The lowest BCUT2D eigenvalue weighted by molar-refractivity contribution is -0.128. The van der Waals surface area contributed by atoms with Gasteiger partial charge in [-0.3, -0.25) is 9.69 Å². The fourth-order valence-corrected chi connectivity index (χ4v) is 3.63. The minimum Gasteiger partial charge on any atom is -0.326 e. The Balaban J connectivity index is 1.90. The Morgan fingerprint density at radius 2 is 2.04 bits per heavy atom. The number of hydrogen-bond acceptors (Lipinski definition) is 5. The van der Waals surface area contributed by atoms with Crippen LogP contribution in [0.4, 0.5) is 4.79 Å². The molecule has 0 saturated carbocycles. The molecule has 0 aromatic carbocycles. The Bertz CT molecular complexity index is 879. The molecule has 3 rings (SSSR count). The molecular formula is C18H23BrN6O2. The number of pyridine rings is 1. The second-order valence-electron chi connectivity index (χ2n) is 7.04. The third-order valence-electron chi connectivity index (χ3n) is 4.56. The van der Waals surface area contributed by atoms with Crippen molar-refractivity contribution in [1.29, 1.82) is 0 Å². The molecule has 1 atom stereocenters. The van der Waals surface area contributed by atoms with Crippen LogP contribution in [0.25, 0.3) is 11.4 Å². The van der Waals surface area contributed by atoms with Gasteiger partial charge in [0.1, 0.15) is 11.7 Å². The van der Waals surface area contributed by atoms with Gasteiger partial charge in [0.25, 0.3) is 5.91 Å². The molecule has 1 N–H and O–H groups in total. The molecule has 1 unspecified atom stereocenters. The maximum atomic E-state index is 12.7. The van der Waals surface area contributed by atoms with E-state index < -0.39 is 6.04 Å². The number of nitrogens with one attached hydrogen (secondary N) is 1. The van der Waals surface area contributed by atoms with Crippen LogP contribution in [-0.2, 0) is 24.8 Å². The van der Waals surface area contributed by atoms with E-state index in [1.54, 1.807) is 11.7 Å². The van der Waals surface area contributed by atoms with Gasteiger partial charge in [0.2, 0.25) is 0 Å². The highest BCUT2D eigenvalue weighted by Crippen LogP contribution is 2.25. The van der Waals surface area contributed by atoms with Crippen LogP contribution < -0.4 is 5.32 Å². The number of amides is 3. The van der Waals surface area contributed by atoms with E-state index in [1.807, 2.05) is 32.9 Å². The maximum absolute atomic E-state index is 12.7. The summed E-state index contributed by atoms with van der Waals surface area (Å²) in [5, 5.41) is 11.1. The molecule has 8 nitrogen and oxygen atoms in total. The fraction of sp³-hybridized carbons (Fsp3) is 0.500. The average molecular weight is 435 g/mol. The highest BCUT2D eigenvalue weighted by Gasteiger charge is 2.39. The normalized spacial score (nSPS) is 17.1. The van der Waals surface area contributed by atoms with Gasteiger partial charge in [-0.2, -0.15) is 0 Å². The summed E-state index contributed by atoms with van der Waals surface area (Å²) in [6, 6.07) is 2.92. The number of urea groups is 1. The smallest absolute Gasteiger partial charge is 0.325 e. The van der Waals surface area contributed by atoms with E-state index in [4.69, 9.17) is 0 Å². The second kappa shape index (κ2) is 7.75. The Kier molecular flexibility index (Phi) is 5.59. The number of aryl methyl sites for hydroxylation is 2. The van der Waals surface area contributed by atoms with E-state index in [9.17, 15) is 9.59 Å². The minimum absolute atomic E-state index is 0.108. The van der Waals surface area contributed by atoms with Crippen LogP contribution in [0.5, 0.6) is 0 Å². The summed E-state index contributed by atoms with van der Waals surface area (Å²) >= 11 is 3.49. The predicted molar refractivity (Wildman–Crippen MR) is 104 cm³/mol. The number of carbonyl (C=O) groups is 2. The fourth-order valence-electron chi connectivity index (χ4n) is 3.12. The highest BCUT2D eigenvalue weighted by molar-refractivity contribution is 9.10. The van der Waals surface area contributed by atoms with Gasteiger partial charge in [0, 0.05) is 11.5 Å². The molecule has 0 bridgehead atoms. The molecule has 1 saturated heterocycles. The summed E-state index contributed by atoms with van der Waals surface area (Å²) in [6.45, 7) is 6.18. The average Bonchev–Trinajstić information content (AvgIpc) is 3.10. The van der Waals surface area contributed by atoms with Crippen molar-refractivity contribution in [1.82, 2.24) is 30.2 Å². The van der Waals surface area contributed by atoms with Gasteiger partial charge in [-0.05, 0) is 46.8 Å². The van der Waals surface area contributed by atoms with Crippen molar-refractivity contribution in [3.8, 4) is 11.4 Å². The van der Waals surface area contributed by atoms with Gasteiger partial charge in [-0.1, -0.05) is 26.0 Å². The summed E-state index contributed by atoms with van der Waals surface area (Å²) in [4.78, 5) is 30.8. The van der Waals surface area contributed by atoms with E-state index in [1.165, 1.54) is 4.90 Å². The van der Waals surface area contributed by atoms with Crippen LogP contribution in [0.2, 0.25) is 0 Å². The molecule has 2 aromatic rings. The lowest BCUT2D eigenvalue weighted by Gasteiger charge is -2.14. The third-order valence-corrected chi connectivity index (χ3v) is 5.28. The van der Waals surface area contributed by atoms with Crippen molar-refractivity contribution < 1.29 is 9.59 Å². The summed E-state index contributed by atoms with van der Waals surface area (Å²) in [5.74, 6) is 0.103. The number of carbonyl (C=O) groups excluding carboxylic acids is 2. The van der Waals surface area contributed by atoms with E-state index >= 15 is 0 Å². The topological polar surface area (TPSA) is 93.0 Å². The summed E-state index contributed by atoms with van der Waals surface area (Å²) < 4.78 is 2.52. The van der Waals surface area contributed by atoms with E-state index in [0.29, 0.717) is 29.4 Å². The third kappa shape index (κ3) is 3.87. The van der Waals surface area contributed by atoms with Crippen molar-refractivity contribution >= 4 is 27.9 Å². The summed E-state index contributed by atoms with van der Waals surface area (Å²) in [6.07, 6.45) is 1.39. The van der Waals surface area contributed by atoms with Crippen molar-refractivity contribution in [2.24, 2.45) is 13.0 Å². The predicted octanol–water partition coefficient (Wildman–Crippen LogP) is 2.67. The zero-order chi connectivity index (χ0) is 19.7. The molecule has 144 valence electrons. The van der Waals surface area contributed by atoms with Gasteiger partial charge in [-0.25, -0.2) is 14.5 Å². The van der Waals surface area contributed by atoms with Crippen LogP contribution in [0.3, 0.4) is 0 Å². The van der Waals surface area contributed by atoms with Gasteiger partial charge in [0.15, 0.2) is 0 Å². The molecule has 2 aromatic heterocycles. The lowest BCUT2D eigenvalue weighted by atomic mass is 10.0. The van der Waals surface area contributed by atoms with Gasteiger partial charge in [-0.15, -0.1) is 5.10 Å². The van der Waals surface area contributed by atoms with E-state index in [2.05, 4.69) is 36.5 Å². The SMILES string of the molecule is CCc1nc(-c2nnn(C)c2CN2C(=O)NC(CC(C)C)C2=O)ccc1Br. The van der Waals surface area contributed by atoms with Gasteiger partial charge < -0.3 is 5.32 Å². The van der Waals surface area contributed by atoms with Crippen LogP contribution in [0.15, 0.2) is 16.6 Å². The largest absolute Gasteiger partial charge is 0.326 e. The Hall–Kier alpha value is -2.29. The first kappa shape index (κ1) is 19.5. The van der Waals surface area contributed by atoms with Gasteiger partial charge >= 0.3 is 6.03 Å². The first-order valence-electron chi connectivity index (χ1n) is 8.98. The number of imide groups is 1. The quantitative estimate of drug-likeness (QED) is 0.705. The minimum atomic E-state index is -0.473. The first-order chi connectivity index (χ1) is 12.8. The van der Waals surface area contributed by atoms with Crippen molar-refractivity contribution in [2.45, 2.75) is 46.2 Å². The van der Waals surface area contributed by atoms with Crippen LogP contribution >= 0.6 is 15.9 Å². The zero-order valence-electron chi connectivity index (χ0n) is 15.9. The molecule has 3 amide bonds. The zero-order valence-corrected chi connectivity index (χ0v) is 17.4. The molecule has 1 aliphatic heterocycles. The van der Waals surface area contributed by atoms with Crippen molar-refractivity contribution in [3.05, 3.63) is 28.0 Å². The maximum Gasteiger partial charge on any atom is 0.325 e.